The molecule has 2 heterocycles. The molecule has 0 spiro atoms. The number of aromatic nitrogens is 2. The molecule has 1 aliphatic heterocycles. The number of ether oxygens (including phenoxy) is 2. The van der Waals surface area contributed by atoms with Crippen molar-refractivity contribution in [3.63, 3.8) is 0 Å². The Hall–Kier alpha value is -3.29. The lowest BCUT2D eigenvalue weighted by molar-refractivity contribution is -0.132. The summed E-state index contributed by atoms with van der Waals surface area (Å²) in [4.78, 5) is 18.4. The number of rotatable bonds is 7. The molecule has 3 aromatic rings. The highest BCUT2D eigenvalue weighted by Gasteiger charge is 2.19. The Morgan fingerprint density at radius 3 is 2.73 bits per heavy atom. The van der Waals surface area contributed by atoms with Crippen LogP contribution >= 0.6 is 0 Å². The quantitative estimate of drug-likeness (QED) is 0.645. The summed E-state index contributed by atoms with van der Waals surface area (Å²) in [6.45, 7) is 2.08. The van der Waals surface area contributed by atoms with Gasteiger partial charge in [0.1, 0.15) is 5.52 Å². The van der Waals surface area contributed by atoms with E-state index in [2.05, 4.69) is 10.3 Å². The minimum atomic E-state index is -0.345. The van der Waals surface area contributed by atoms with Crippen LogP contribution in [0.3, 0.4) is 0 Å². The number of para-hydroxylation sites is 1. The second-order valence-corrected chi connectivity index (χ2v) is 7.32. The number of amides is 1. The van der Waals surface area contributed by atoms with E-state index in [-0.39, 0.29) is 18.3 Å². The number of hydrogen-bond acceptors (Lipinski definition) is 5. The average Bonchev–Trinajstić information content (AvgIpc) is 3.40. The van der Waals surface area contributed by atoms with Gasteiger partial charge in [-0.3, -0.25) is 4.79 Å². The number of carbonyl (C=O) groups is 1. The molecular formula is C22H25FN4O3. The minimum Gasteiger partial charge on any atom is -0.493 e. The highest BCUT2D eigenvalue weighted by Crippen LogP contribution is 2.29. The molecule has 30 heavy (non-hydrogen) atoms. The Balaban J connectivity index is 1.42. The number of likely N-dealkylation sites (tertiary alicyclic amines) is 1. The summed E-state index contributed by atoms with van der Waals surface area (Å²) in [5.41, 5.74) is 2.01. The summed E-state index contributed by atoms with van der Waals surface area (Å²) in [7, 11) is 3.40. The number of nitrogens with one attached hydrogen (secondary N) is 1. The predicted molar refractivity (Wildman–Crippen MR) is 112 cm³/mol. The molecule has 0 radical (unpaired) electrons. The van der Waals surface area contributed by atoms with Crippen molar-refractivity contribution in [3.05, 3.63) is 47.8 Å². The van der Waals surface area contributed by atoms with Crippen molar-refractivity contribution < 1.29 is 18.7 Å². The summed E-state index contributed by atoms with van der Waals surface area (Å²) in [5, 5.41) is 3.23. The third-order valence-corrected chi connectivity index (χ3v) is 5.35. The maximum atomic E-state index is 14.0. The minimum absolute atomic E-state index is 0.000615. The number of methoxy groups -OCH3 is 1. The van der Waals surface area contributed by atoms with Crippen LogP contribution in [0.5, 0.6) is 11.5 Å². The molecule has 1 N–H and O–H groups in total. The molecule has 158 valence electrons. The summed E-state index contributed by atoms with van der Waals surface area (Å²) in [5.74, 6) is 1.31. The van der Waals surface area contributed by atoms with Crippen molar-refractivity contribution in [1.29, 1.82) is 0 Å². The van der Waals surface area contributed by atoms with E-state index >= 15 is 0 Å². The van der Waals surface area contributed by atoms with Gasteiger partial charge in [0, 0.05) is 26.7 Å². The molecule has 8 heteroatoms. The molecule has 0 unspecified atom stereocenters. The fraction of sp³-hybridized carbons (Fsp3) is 0.364. The zero-order chi connectivity index (χ0) is 21.1. The van der Waals surface area contributed by atoms with Crippen molar-refractivity contribution in [2.24, 2.45) is 7.05 Å². The first-order chi connectivity index (χ1) is 14.6. The van der Waals surface area contributed by atoms with E-state index in [0.717, 1.165) is 37.0 Å². The van der Waals surface area contributed by atoms with Crippen LogP contribution in [0.1, 0.15) is 18.4 Å². The van der Waals surface area contributed by atoms with Crippen LogP contribution in [0.2, 0.25) is 0 Å². The van der Waals surface area contributed by atoms with Gasteiger partial charge >= 0.3 is 0 Å². The van der Waals surface area contributed by atoms with Crippen molar-refractivity contribution in [1.82, 2.24) is 14.5 Å². The van der Waals surface area contributed by atoms with E-state index < -0.39 is 0 Å². The smallest absolute Gasteiger partial charge is 0.260 e. The number of hydrogen-bond donors (Lipinski definition) is 1. The Kier molecular flexibility index (Phi) is 5.74. The van der Waals surface area contributed by atoms with Gasteiger partial charge in [0.15, 0.2) is 23.9 Å². The third kappa shape index (κ3) is 4.03. The zero-order valence-electron chi connectivity index (χ0n) is 17.2. The largest absolute Gasteiger partial charge is 0.493 e. The molecule has 0 bridgehead atoms. The van der Waals surface area contributed by atoms with Crippen LogP contribution in [0.4, 0.5) is 10.3 Å². The maximum absolute atomic E-state index is 14.0. The van der Waals surface area contributed by atoms with Gasteiger partial charge in [0.2, 0.25) is 5.95 Å². The molecule has 0 atom stereocenters. The van der Waals surface area contributed by atoms with Crippen molar-refractivity contribution in [2.45, 2.75) is 19.4 Å². The molecule has 4 rings (SSSR count). The van der Waals surface area contributed by atoms with Crippen LogP contribution in [-0.2, 0) is 18.4 Å². The Morgan fingerprint density at radius 1 is 1.20 bits per heavy atom. The van der Waals surface area contributed by atoms with E-state index in [9.17, 15) is 9.18 Å². The van der Waals surface area contributed by atoms with Crippen molar-refractivity contribution in [3.8, 4) is 11.5 Å². The molecule has 1 fully saturated rings. The Morgan fingerprint density at radius 2 is 2.00 bits per heavy atom. The topological polar surface area (TPSA) is 68.6 Å². The first kappa shape index (κ1) is 20.0. The van der Waals surface area contributed by atoms with Gasteiger partial charge in [-0.25, -0.2) is 9.37 Å². The molecule has 2 aromatic carbocycles. The van der Waals surface area contributed by atoms with Crippen LogP contribution in [-0.4, -0.2) is 47.2 Å². The number of aryl methyl sites for hydroxylation is 1. The fourth-order valence-electron chi connectivity index (χ4n) is 3.66. The first-order valence-corrected chi connectivity index (χ1v) is 9.99. The van der Waals surface area contributed by atoms with Gasteiger partial charge in [-0.1, -0.05) is 12.1 Å². The molecule has 0 saturated carbocycles. The van der Waals surface area contributed by atoms with Crippen LogP contribution < -0.4 is 14.8 Å². The Bertz CT molecular complexity index is 1060. The highest BCUT2D eigenvalue weighted by atomic mass is 19.1. The van der Waals surface area contributed by atoms with Crippen LogP contribution in [0.15, 0.2) is 36.4 Å². The lowest BCUT2D eigenvalue weighted by atomic mass is 10.2. The van der Waals surface area contributed by atoms with Gasteiger partial charge in [-0.15, -0.1) is 0 Å². The summed E-state index contributed by atoms with van der Waals surface area (Å²) in [6.07, 6.45) is 2.10. The first-order valence-electron chi connectivity index (χ1n) is 9.99. The highest BCUT2D eigenvalue weighted by molar-refractivity contribution is 5.79. The monoisotopic (exact) mass is 412 g/mol. The molecule has 1 aliphatic rings. The third-order valence-electron chi connectivity index (χ3n) is 5.35. The van der Waals surface area contributed by atoms with Crippen molar-refractivity contribution in [2.75, 3.05) is 32.1 Å². The number of carbonyl (C=O) groups excluding carboxylic acids is 1. The number of benzene rings is 2. The SMILES string of the molecule is COc1cc(CNc2nc3c(F)cccc3n2C)ccc1OCC(=O)N1CCCC1. The summed E-state index contributed by atoms with van der Waals surface area (Å²) < 4.78 is 26.9. The van der Waals surface area contributed by atoms with Crippen LogP contribution in [0.25, 0.3) is 11.0 Å². The number of nitrogens with zero attached hydrogens (tertiary/aromatic N) is 3. The second kappa shape index (κ2) is 8.61. The van der Waals surface area contributed by atoms with Gasteiger partial charge in [-0.05, 0) is 42.7 Å². The van der Waals surface area contributed by atoms with Crippen molar-refractivity contribution >= 4 is 22.9 Å². The predicted octanol–water partition coefficient (Wildman–Crippen LogP) is 3.33. The summed E-state index contributed by atoms with van der Waals surface area (Å²) in [6, 6.07) is 10.4. The number of anilines is 1. The molecule has 1 aromatic heterocycles. The normalized spacial score (nSPS) is 13.6. The lowest BCUT2D eigenvalue weighted by Gasteiger charge is -2.17. The van der Waals surface area contributed by atoms with E-state index in [1.807, 2.05) is 34.7 Å². The number of imidazole rings is 1. The average molecular weight is 412 g/mol. The van der Waals surface area contributed by atoms with Gasteiger partial charge < -0.3 is 24.3 Å². The Labute approximate surface area is 174 Å². The van der Waals surface area contributed by atoms with E-state index in [0.29, 0.717) is 29.5 Å². The summed E-state index contributed by atoms with van der Waals surface area (Å²) >= 11 is 0. The molecule has 7 nitrogen and oxygen atoms in total. The second-order valence-electron chi connectivity index (χ2n) is 7.32. The van der Waals surface area contributed by atoms with E-state index in [4.69, 9.17) is 9.47 Å². The van der Waals surface area contributed by atoms with E-state index in [1.54, 1.807) is 19.2 Å². The lowest BCUT2D eigenvalue weighted by Crippen LogP contribution is -2.32. The van der Waals surface area contributed by atoms with E-state index in [1.165, 1.54) is 6.07 Å². The van der Waals surface area contributed by atoms with Gasteiger partial charge in [0.25, 0.3) is 5.91 Å². The van der Waals surface area contributed by atoms with Crippen LogP contribution in [0, 0.1) is 5.82 Å². The molecular weight excluding hydrogens is 387 g/mol. The van der Waals surface area contributed by atoms with Gasteiger partial charge in [-0.2, -0.15) is 0 Å². The molecule has 1 amide bonds. The zero-order valence-corrected chi connectivity index (χ0v) is 17.2. The number of fused-ring (bicyclic) bond motifs is 1. The fourth-order valence-corrected chi connectivity index (χ4v) is 3.66. The molecule has 1 saturated heterocycles. The number of halogens is 1. The maximum Gasteiger partial charge on any atom is 0.260 e. The van der Waals surface area contributed by atoms with Gasteiger partial charge in [0.05, 0.1) is 12.6 Å². The standard InChI is InChI=1S/C22H25FN4O3/c1-26-17-7-5-6-16(23)21(17)25-22(26)24-13-15-8-9-18(19(12-15)29-2)30-14-20(28)27-10-3-4-11-27/h5-9,12H,3-4,10-11,13-14H2,1-2H3,(H,24,25). The molecule has 0 aliphatic carbocycles.